The van der Waals surface area contributed by atoms with E-state index < -0.39 is 23.7 Å². The van der Waals surface area contributed by atoms with Gasteiger partial charge in [-0.05, 0) is 65.8 Å². The lowest BCUT2D eigenvalue weighted by Crippen LogP contribution is -2.29. The fraction of sp³-hybridized carbons (Fsp3) is 0.281. The summed E-state index contributed by atoms with van der Waals surface area (Å²) in [6, 6.07) is 20.5. The minimum Gasteiger partial charge on any atom is -0.507 e. The lowest BCUT2D eigenvalue weighted by molar-refractivity contribution is -0.132. The van der Waals surface area contributed by atoms with E-state index >= 15 is 0 Å². The molecule has 0 spiro atoms. The second-order valence-electron chi connectivity index (χ2n) is 10.5. The Morgan fingerprint density at radius 2 is 1.63 bits per heavy atom. The molecule has 1 fully saturated rings. The van der Waals surface area contributed by atoms with Gasteiger partial charge in [0.05, 0.1) is 23.8 Å². The molecule has 38 heavy (non-hydrogen) atoms. The van der Waals surface area contributed by atoms with Crippen molar-refractivity contribution in [3.05, 3.63) is 106 Å². The highest BCUT2D eigenvalue weighted by atomic mass is 16.5. The summed E-state index contributed by atoms with van der Waals surface area (Å²) in [5.74, 6) is -2.16. The number of benzene rings is 3. The van der Waals surface area contributed by atoms with Crippen molar-refractivity contribution in [1.82, 2.24) is 0 Å². The predicted molar refractivity (Wildman–Crippen MR) is 148 cm³/mol. The number of amides is 1. The number of esters is 1. The molecule has 0 aromatic heterocycles. The van der Waals surface area contributed by atoms with Crippen LogP contribution in [0.2, 0.25) is 0 Å². The molecule has 0 saturated carbocycles. The topological polar surface area (TPSA) is 83.9 Å². The molecule has 0 radical (unpaired) electrons. The molecule has 196 valence electrons. The number of aliphatic hydroxyl groups is 1. The molecule has 0 bridgehead atoms. The highest BCUT2D eigenvalue weighted by molar-refractivity contribution is 6.51. The van der Waals surface area contributed by atoms with Crippen LogP contribution >= 0.6 is 0 Å². The monoisotopic (exact) mass is 511 g/mol. The van der Waals surface area contributed by atoms with E-state index in [2.05, 4.69) is 20.8 Å². The summed E-state index contributed by atoms with van der Waals surface area (Å²) >= 11 is 0. The maximum absolute atomic E-state index is 13.5. The molecule has 1 aliphatic heterocycles. The minimum absolute atomic E-state index is 0.0294. The van der Waals surface area contributed by atoms with E-state index in [4.69, 9.17) is 4.74 Å². The molecular weight excluding hydrogens is 478 g/mol. The van der Waals surface area contributed by atoms with Crippen LogP contribution in [0, 0.1) is 6.92 Å². The number of aryl methyl sites for hydroxylation is 1. The van der Waals surface area contributed by atoms with Crippen molar-refractivity contribution in [2.45, 2.75) is 52.5 Å². The SMILES string of the molecule is CCCOC(=O)c1ccc(N2C(=O)C(=O)/C(=C(/O)c3cc(C(C)(C)C)ccc3C)C2c2ccccc2)cc1. The van der Waals surface area contributed by atoms with Gasteiger partial charge in [0.1, 0.15) is 5.76 Å². The summed E-state index contributed by atoms with van der Waals surface area (Å²) in [5.41, 5.74) is 3.64. The molecule has 1 aliphatic rings. The fourth-order valence-electron chi connectivity index (χ4n) is 4.57. The van der Waals surface area contributed by atoms with Gasteiger partial charge in [-0.2, -0.15) is 0 Å². The van der Waals surface area contributed by atoms with Crippen LogP contribution in [0.25, 0.3) is 5.76 Å². The van der Waals surface area contributed by atoms with Gasteiger partial charge < -0.3 is 9.84 Å². The Kier molecular flexibility index (Phi) is 7.53. The van der Waals surface area contributed by atoms with E-state index in [0.29, 0.717) is 35.4 Å². The molecule has 1 N–H and O–H groups in total. The zero-order chi connectivity index (χ0) is 27.6. The normalized spacial score (nSPS) is 17.1. The number of carbonyl (C=O) groups is 3. The number of ketones is 1. The summed E-state index contributed by atoms with van der Waals surface area (Å²) in [4.78, 5) is 40.6. The maximum atomic E-state index is 13.5. The maximum Gasteiger partial charge on any atom is 0.338 e. The van der Waals surface area contributed by atoms with Crippen molar-refractivity contribution in [3.8, 4) is 0 Å². The van der Waals surface area contributed by atoms with Gasteiger partial charge in [0.15, 0.2) is 0 Å². The van der Waals surface area contributed by atoms with E-state index in [-0.39, 0.29) is 16.7 Å². The van der Waals surface area contributed by atoms with Gasteiger partial charge in [-0.3, -0.25) is 14.5 Å². The molecule has 1 heterocycles. The third kappa shape index (κ3) is 5.12. The second kappa shape index (κ2) is 10.7. The van der Waals surface area contributed by atoms with Crippen LogP contribution in [0.4, 0.5) is 5.69 Å². The second-order valence-corrected chi connectivity index (χ2v) is 10.5. The van der Waals surface area contributed by atoms with Crippen molar-refractivity contribution in [3.63, 3.8) is 0 Å². The first-order valence-electron chi connectivity index (χ1n) is 12.8. The number of ether oxygens (including phenoxy) is 1. The Morgan fingerprint density at radius 3 is 2.24 bits per heavy atom. The van der Waals surface area contributed by atoms with E-state index in [0.717, 1.165) is 11.1 Å². The third-order valence-electron chi connectivity index (χ3n) is 6.74. The lowest BCUT2D eigenvalue weighted by atomic mass is 9.84. The van der Waals surface area contributed by atoms with Crippen LogP contribution in [-0.2, 0) is 19.7 Å². The first kappa shape index (κ1) is 26.9. The quantitative estimate of drug-likeness (QED) is 0.177. The van der Waals surface area contributed by atoms with Crippen LogP contribution in [0.1, 0.15) is 72.8 Å². The number of anilines is 1. The van der Waals surface area contributed by atoms with Crippen LogP contribution in [0.15, 0.2) is 78.4 Å². The summed E-state index contributed by atoms with van der Waals surface area (Å²) in [6.07, 6.45) is 0.712. The zero-order valence-corrected chi connectivity index (χ0v) is 22.4. The van der Waals surface area contributed by atoms with E-state index in [9.17, 15) is 19.5 Å². The van der Waals surface area contributed by atoms with Crippen LogP contribution in [-0.4, -0.2) is 29.4 Å². The van der Waals surface area contributed by atoms with Crippen molar-refractivity contribution in [2.75, 3.05) is 11.5 Å². The Hall–Kier alpha value is -4.19. The van der Waals surface area contributed by atoms with Gasteiger partial charge in [0.25, 0.3) is 11.7 Å². The van der Waals surface area contributed by atoms with E-state index in [1.807, 2.05) is 62.4 Å². The number of carbonyl (C=O) groups excluding carboxylic acids is 3. The standard InChI is InChI=1S/C32H33NO5/c1-6-18-38-31(37)22-13-16-24(17-14-22)33-27(21-10-8-7-9-11-21)26(29(35)30(33)36)28(34)25-19-23(32(3,4)5)15-12-20(25)2/h7-17,19,27,34H,6,18H2,1-5H3/b28-26+. The van der Waals surface area contributed by atoms with Gasteiger partial charge in [-0.15, -0.1) is 0 Å². The van der Waals surface area contributed by atoms with Crippen LogP contribution in [0.3, 0.4) is 0 Å². The summed E-state index contributed by atoms with van der Waals surface area (Å²) in [7, 11) is 0. The molecular formula is C32H33NO5. The average molecular weight is 512 g/mol. The Labute approximate surface area is 223 Å². The molecule has 3 aromatic carbocycles. The first-order chi connectivity index (χ1) is 18.0. The van der Waals surface area contributed by atoms with E-state index in [1.165, 1.54) is 4.90 Å². The van der Waals surface area contributed by atoms with Gasteiger partial charge in [-0.25, -0.2) is 4.79 Å². The first-order valence-corrected chi connectivity index (χ1v) is 12.8. The van der Waals surface area contributed by atoms with Crippen molar-refractivity contribution < 1.29 is 24.2 Å². The Bertz CT molecular complexity index is 1400. The molecule has 0 aliphatic carbocycles. The zero-order valence-electron chi connectivity index (χ0n) is 22.4. The number of nitrogens with zero attached hydrogens (tertiary/aromatic N) is 1. The molecule has 1 atom stereocenters. The van der Waals surface area contributed by atoms with Gasteiger partial charge in [0.2, 0.25) is 0 Å². The average Bonchev–Trinajstić information content (AvgIpc) is 3.17. The third-order valence-corrected chi connectivity index (χ3v) is 6.74. The summed E-state index contributed by atoms with van der Waals surface area (Å²) in [5, 5.41) is 11.6. The number of hydrogen-bond acceptors (Lipinski definition) is 5. The molecule has 1 unspecified atom stereocenters. The number of hydrogen-bond donors (Lipinski definition) is 1. The Balaban J connectivity index is 1.86. The Morgan fingerprint density at radius 1 is 0.974 bits per heavy atom. The summed E-state index contributed by atoms with van der Waals surface area (Å²) < 4.78 is 5.20. The van der Waals surface area contributed by atoms with Crippen molar-refractivity contribution in [1.29, 1.82) is 0 Å². The van der Waals surface area contributed by atoms with Gasteiger partial charge in [0, 0.05) is 11.3 Å². The molecule has 6 nitrogen and oxygen atoms in total. The lowest BCUT2D eigenvalue weighted by Gasteiger charge is -2.26. The van der Waals surface area contributed by atoms with Crippen LogP contribution < -0.4 is 4.90 Å². The minimum atomic E-state index is -0.841. The molecule has 4 rings (SSSR count). The fourth-order valence-corrected chi connectivity index (χ4v) is 4.57. The largest absolute Gasteiger partial charge is 0.507 e. The molecule has 3 aromatic rings. The number of aliphatic hydroxyl groups excluding tert-OH is 1. The highest BCUT2D eigenvalue weighted by Crippen LogP contribution is 2.43. The van der Waals surface area contributed by atoms with Crippen molar-refractivity contribution >= 4 is 29.1 Å². The molecule has 6 heteroatoms. The van der Waals surface area contributed by atoms with Crippen LogP contribution in [0.5, 0.6) is 0 Å². The van der Waals surface area contributed by atoms with Gasteiger partial charge >= 0.3 is 5.97 Å². The summed E-state index contributed by atoms with van der Waals surface area (Å²) in [6.45, 7) is 10.3. The number of rotatable bonds is 6. The van der Waals surface area contributed by atoms with Crippen molar-refractivity contribution in [2.24, 2.45) is 0 Å². The highest BCUT2D eigenvalue weighted by Gasteiger charge is 2.47. The molecule has 1 saturated heterocycles. The van der Waals surface area contributed by atoms with Gasteiger partial charge in [-0.1, -0.05) is 70.2 Å². The van der Waals surface area contributed by atoms with E-state index in [1.54, 1.807) is 24.3 Å². The number of Topliss-reactive ketones (excluding diaryl/α,β-unsaturated/α-hetero) is 1. The predicted octanol–water partition coefficient (Wildman–Crippen LogP) is 6.49. The smallest absolute Gasteiger partial charge is 0.338 e. The molecule has 1 amide bonds.